The fraction of sp³-hybridized carbons (Fsp3) is 0. The Morgan fingerprint density at radius 1 is 0.833 bits per heavy atom. The van der Waals surface area contributed by atoms with Crippen LogP contribution >= 0.6 is 0 Å². The van der Waals surface area contributed by atoms with Gasteiger partial charge in [-0.25, -0.2) is 4.79 Å². The molecule has 3 aromatic rings. The van der Waals surface area contributed by atoms with Gasteiger partial charge in [0.05, 0.1) is 0 Å². The molecule has 0 aliphatic carbocycles. The molecule has 0 saturated carbocycles. The van der Waals surface area contributed by atoms with E-state index in [4.69, 9.17) is 0 Å². The van der Waals surface area contributed by atoms with Crippen molar-refractivity contribution in [3.05, 3.63) is 89.6 Å². The second-order valence-corrected chi connectivity index (χ2v) is 5.25. The number of aliphatic carboxylic acids is 1. The molecular weight excluding hydrogens is 302 g/mol. The van der Waals surface area contributed by atoms with Crippen LogP contribution in [0.3, 0.4) is 0 Å². The van der Waals surface area contributed by atoms with Crippen LogP contribution in [0, 0.1) is 0 Å². The standard InChI is InChI=1S/C20H15NO3/c22-19(15-8-2-1-3-9-15)21-18(20(23)24)13-16-11-6-10-14-7-4-5-12-17(14)16/h1-13H,(H,21,22)(H,23,24)/b18-13-. The number of benzene rings is 3. The summed E-state index contributed by atoms with van der Waals surface area (Å²) in [5.74, 6) is -1.64. The predicted octanol–water partition coefficient (Wildman–Crippen LogP) is 3.70. The molecule has 2 N–H and O–H groups in total. The lowest BCUT2D eigenvalue weighted by Gasteiger charge is -2.08. The number of carbonyl (C=O) groups is 2. The highest BCUT2D eigenvalue weighted by Gasteiger charge is 2.13. The third-order valence-corrected chi connectivity index (χ3v) is 3.64. The Balaban J connectivity index is 1.97. The Morgan fingerprint density at radius 3 is 2.25 bits per heavy atom. The van der Waals surface area contributed by atoms with Gasteiger partial charge in [0.15, 0.2) is 0 Å². The van der Waals surface area contributed by atoms with Gasteiger partial charge in [-0.3, -0.25) is 4.79 Å². The van der Waals surface area contributed by atoms with E-state index in [2.05, 4.69) is 5.32 Å². The number of carboxylic acid groups (broad SMARTS) is 1. The minimum Gasteiger partial charge on any atom is -0.477 e. The first-order valence-electron chi connectivity index (χ1n) is 7.44. The highest BCUT2D eigenvalue weighted by atomic mass is 16.4. The van der Waals surface area contributed by atoms with E-state index in [9.17, 15) is 14.7 Å². The molecule has 0 aromatic heterocycles. The van der Waals surface area contributed by atoms with Crippen molar-refractivity contribution in [3.63, 3.8) is 0 Å². The summed E-state index contributed by atoms with van der Waals surface area (Å²) in [6.07, 6.45) is 1.48. The third kappa shape index (κ3) is 3.33. The Hall–Kier alpha value is -3.40. The van der Waals surface area contributed by atoms with Crippen molar-refractivity contribution in [2.45, 2.75) is 0 Å². The summed E-state index contributed by atoms with van der Waals surface area (Å²) in [6, 6.07) is 21.8. The number of hydrogen-bond donors (Lipinski definition) is 2. The molecule has 0 spiro atoms. The molecule has 0 aliphatic heterocycles. The zero-order valence-electron chi connectivity index (χ0n) is 12.8. The van der Waals surface area contributed by atoms with Gasteiger partial charge < -0.3 is 10.4 Å². The molecule has 0 radical (unpaired) electrons. The lowest BCUT2D eigenvalue weighted by molar-refractivity contribution is -0.132. The molecule has 0 unspecified atom stereocenters. The minimum atomic E-state index is -1.19. The fourth-order valence-electron chi connectivity index (χ4n) is 2.47. The smallest absolute Gasteiger partial charge is 0.352 e. The zero-order valence-corrected chi connectivity index (χ0v) is 12.8. The van der Waals surface area contributed by atoms with Gasteiger partial charge in [0, 0.05) is 5.56 Å². The van der Waals surface area contributed by atoms with E-state index in [0.29, 0.717) is 5.56 Å². The molecule has 4 heteroatoms. The molecule has 0 bridgehead atoms. The highest BCUT2D eigenvalue weighted by molar-refractivity contribution is 6.04. The van der Waals surface area contributed by atoms with Crippen LogP contribution < -0.4 is 5.32 Å². The van der Waals surface area contributed by atoms with Crippen molar-refractivity contribution in [3.8, 4) is 0 Å². The molecule has 0 atom stereocenters. The van der Waals surface area contributed by atoms with Gasteiger partial charge in [-0.15, -0.1) is 0 Å². The predicted molar refractivity (Wildman–Crippen MR) is 93.5 cm³/mol. The quantitative estimate of drug-likeness (QED) is 0.721. The minimum absolute atomic E-state index is 0.166. The molecule has 0 aliphatic rings. The second kappa shape index (κ2) is 6.79. The Bertz CT molecular complexity index is 925. The van der Waals surface area contributed by atoms with E-state index in [1.54, 1.807) is 30.3 Å². The van der Waals surface area contributed by atoms with Gasteiger partial charge in [-0.2, -0.15) is 0 Å². The number of carbonyl (C=O) groups excluding carboxylic acids is 1. The van der Waals surface area contributed by atoms with Crippen LogP contribution in [0.15, 0.2) is 78.5 Å². The molecule has 4 nitrogen and oxygen atoms in total. The van der Waals surface area contributed by atoms with Crippen molar-refractivity contribution in [1.29, 1.82) is 0 Å². The van der Waals surface area contributed by atoms with Gasteiger partial charge in [0.1, 0.15) is 5.70 Å². The molecule has 118 valence electrons. The summed E-state index contributed by atoms with van der Waals surface area (Å²) >= 11 is 0. The van der Waals surface area contributed by atoms with E-state index >= 15 is 0 Å². The SMILES string of the molecule is O=C(O)/C(=C/c1cccc2ccccc12)NC(=O)c1ccccc1. The lowest BCUT2D eigenvalue weighted by Crippen LogP contribution is -2.27. The molecule has 0 saturated heterocycles. The summed E-state index contributed by atoms with van der Waals surface area (Å²) in [6.45, 7) is 0. The van der Waals surface area contributed by atoms with Crippen LogP contribution in [0.4, 0.5) is 0 Å². The average molecular weight is 317 g/mol. The van der Waals surface area contributed by atoms with Crippen LogP contribution in [0.1, 0.15) is 15.9 Å². The number of carboxylic acids is 1. The number of nitrogens with one attached hydrogen (secondary N) is 1. The molecule has 3 rings (SSSR count). The van der Waals surface area contributed by atoms with Crippen molar-refractivity contribution in [2.24, 2.45) is 0 Å². The summed E-state index contributed by atoms with van der Waals surface area (Å²) in [5.41, 5.74) is 0.974. The van der Waals surface area contributed by atoms with Gasteiger partial charge in [0.25, 0.3) is 5.91 Å². The molecule has 24 heavy (non-hydrogen) atoms. The first kappa shape index (κ1) is 15.5. The average Bonchev–Trinajstić information content (AvgIpc) is 2.62. The largest absolute Gasteiger partial charge is 0.477 e. The molecule has 3 aromatic carbocycles. The van der Waals surface area contributed by atoms with Gasteiger partial charge >= 0.3 is 5.97 Å². The van der Waals surface area contributed by atoms with Crippen molar-refractivity contribution in [1.82, 2.24) is 5.32 Å². The first-order chi connectivity index (χ1) is 11.6. The van der Waals surface area contributed by atoms with Crippen LogP contribution in [0.5, 0.6) is 0 Å². The highest BCUT2D eigenvalue weighted by Crippen LogP contribution is 2.20. The van der Waals surface area contributed by atoms with Crippen molar-refractivity contribution in [2.75, 3.05) is 0 Å². The fourth-order valence-corrected chi connectivity index (χ4v) is 2.47. The van der Waals surface area contributed by atoms with E-state index in [-0.39, 0.29) is 5.70 Å². The topological polar surface area (TPSA) is 66.4 Å². The maximum atomic E-state index is 12.2. The van der Waals surface area contributed by atoms with Crippen LogP contribution in [-0.4, -0.2) is 17.0 Å². The number of rotatable bonds is 4. The van der Waals surface area contributed by atoms with Crippen LogP contribution in [0.2, 0.25) is 0 Å². The molecule has 0 fully saturated rings. The first-order valence-corrected chi connectivity index (χ1v) is 7.44. The Kier molecular flexibility index (Phi) is 4.38. The summed E-state index contributed by atoms with van der Waals surface area (Å²) in [7, 11) is 0. The maximum Gasteiger partial charge on any atom is 0.352 e. The lowest BCUT2D eigenvalue weighted by atomic mass is 10.0. The van der Waals surface area contributed by atoms with E-state index in [1.807, 2.05) is 42.5 Å². The normalized spacial score (nSPS) is 11.2. The van der Waals surface area contributed by atoms with Crippen LogP contribution in [0.25, 0.3) is 16.8 Å². The summed E-state index contributed by atoms with van der Waals surface area (Å²) in [5, 5.41) is 13.8. The van der Waals surface area contributed by atoms with Crippen molar-refractivity contribution >= 4 is 28.7 Å². The van der Waals surface area contributed by atoms with Crippen LogP contribution in [-0.2, 0) is 4.79 Å². The summed E-state index contributed by atoms with van der Waals surface area (Å²) < 4.78 is 0. The summed E-state index contributed by atoms with van der Waals surface area (Å²) in [4.78, 5) is 23.7. The second-order valence-electron chi connectivity index (χ2n) is 5.25. The Labute approximate surface area is 139 Å². The van der Waals surface area contributed by atoms with E-state index in [1.165, 1.54) is 6.08 Å². The van der Waals surface area contributed by atoms with Gasteiger partial charge in [0.2, 0.25) is 0 Å². The third-order valence-electron chi connectivity index (χ3n) is 3.64. The number of amides is 1. The molecular formula is C20H15NO3. The monoisotopic (exact) mass is 317 g/mol. The number of fused-ring (bicyclic) bond motifs is 1. The van der Waals surface area contributed by atoms with Gasteiger partial charge in [-0.05, 0) is 34.5 Å². The maximum absolute atomic E-state index is 12.2. The van der Waals surface area contributed by atoms with E-state index in [0.717, 1.165) is 16.3 Å². The van der Waals surface area contributed by atoms with Gasteiger partial charge in [-0.1, -0.05) is 60.7 Å². The van der Waals surface area contributed by atoms with E-state index < -0.39 is 11.9 Å². The zero-order chi connectivity index (χ0) is 16.9. The Morgan fingerprint density at radius 2 is 1.50 bits per heavy atom. The molecule has 1 amide bonds. The van der Waals surface area contributed by atoms with Crippen molar-refractivity contribution < 1.29 is 14.7 Å². The molecule has 0 heterocycles. The number of hydrogen-bond acceptors (Lipinski definition) is 2.